The van der Waals surface area contributed by atoms with Gasteiger partial charge in [0, 0.05) is 16.8 Å². The van der Waals surface area contributed by atoms with Gasteiger partial charge in [-0.05, 0) is 30.7 Å². The number of aromatic amines is 1. The lowest BCUT2D eigenvalue weighted by Crippen LogP contribution is -1.96. The summed E-state index contributed by atoms with van der Waals surface area (Å²) < 4.78 is 7.34. The maximum Gasteiger partial charge on any atom is 0.335 e. The molecule has 2 aromatic heterocycles. The Hall–Kier alpha value is -3.12. The molecule has 1 N–H and O–H groups in total. The molecule has 7 heteroatoms. The number of hydrogen-bond acceptors (Lipinski definition) is 4. The van der Waals surface area contributed by atoms with Crippen LogP contribution >= 0.6 is 11.6 Å². The zero-order valence-electron chi connectivity index (χ0n) is 14.8. The largest absolute Gasteiger partial charge is 0.462 e. The summed E-state index contributed by atoms with van der Waals surface area (Å²) in [7, 11) is 0. The number of ether oxygens (including phenoxy) is 1. The van der Waals surface area contributed by atoms with Crippen LogP contribution in [0.25, 0.3) is 28.3 Å². The highest BCUT2D eigenvalue weighted by atomic mass is 35.5. The molecular weight excluding hydrogens is 362 g/mol. The fourth-order valence-corrected chi connectivity index (χ4v) is 2.83. The van der Waals surface area contributed by atoms with Crippen molar-refractivity contribution in [1.29, 1.82) is 0 Å². The van der Waals surface area contributed by atoms with Crippen LogP contribution in [0.1, 0.15) is 13.3 Å². The SMILES string of the molecule is CCCOc1n[nH]c(-c2cn(-c3ccccc3)nc2-c2ccc(Cl)cc2)n1. The van der Waals surface area contributed by atoms with Gasteiger partial charge in [0.25, 0.3) is 0 Å². The molecule has 0 unspecified atom stereocenters. The summed E-state index contributed by atoms with van der Waals surface area (Å²) in [5.41, 5.74) is 3.52. The van der Waals surface area contributed by atoms with E-state index in [0.717, 1.165) is 28.9 Å². The number of nitrogens with one attached hydrogen (secondary N) is 1. The van der Waals surface area contributed by atoms with Crippen LogP contribution in [-0.2, 0) is 0 Å². The molecule has 0 aliphatic carbocycles. The molecule has 0 spiro atoms. The van der Waals surface area contributed by atoms with Gasteiger partial charge in [-0.1, -0.05) is 48.9 Å². The Balaban J connectivity index is 1.80. The van der Waals surface area contributed by atoms with E-state index in [-0.39, 0.29) is 0 Å². The monoisotopic (exact) mass is 379 g/mol. The quantitative estimate of drug-likeness (QED) is 0.524. The average molecular weight is 380 g/mol. The third kappa shape index (κ3) is 3.71. The van der Waals surface area contributed by atoms with Crippen molar-refractivity contribution < 1.29 is 4.74 Å². The van der Waals surface area contributed by atoms with E-state index in [1.54, 1.807) is 0 Å². The van der Waals surface area contributed by atoms with Gasteiger partial charge in [-0.15, -0.1) is 5.10 Å². The molecule has 0 aliphatic rings. The molecule has 0 amide bonds. The third-order valence-corrected chi connectivity index (χ3v) is 4.26. The Labute approximate surface area is 161 Å². The van der Waals surface area contributed by atoms with Crippen LogP contribution in [0.5, 0.6) is 6.01 Å². The Kier molecular flexibility index (Phi) is 4.89. The molecule has 136 valence electrons. The normalized spacial score (nSPS) is 10.9. The molecule has 0 radical (unpaired) electrons. The number of aromatic nitrogens is 5. The number of benzene rings is 2. The molecule has 0 atom stereocenters. The molecule has 0 bridgehead atoms. The standard InChI is InChI=1S/C20H18ClN5O/c1-2-12-27-20-22-19(23-24-20)17-13-26(16-6-4-3-5-7-16)25-18(17)14-8-10-15(21)11-9-14/h3-11,13H,2,12H2,1H3,(H,22,23,24). The third-order valence-electron chi connectivity index (χ3n) is 4.01. The number of para-hydroxylation sites is 1. The summed E-state index contributed by atoms with van der Waals surface area (Å²) in [4.78, 5) is 4.46. The Morgan fingerprint density at radius 2 is 1.85 bits per heavy atom. The number of rotatable bonds is 6. The predicted octanol–water partition coefficient (Wildman–Crippen LogP) is 4.77. The second-order valence-corrected chi connectivity index (χ2v) is 6.43. The molecular formula is C20H18ClN5O. The van der Waals surface area contributed by atoms with Crippen molar-refractivity contribution >= 4 is 11.6 Å². The molecule has 0 saturated heterocycles. The average Bonchev–Trinajstić information content (AvgIpc) is 3.35. The lowest BCUT2D eigenvalue weighted by atomic mass is 10.1. The molecule has 0 saturated carbocycles. The first kappa shape index (κ1) is 17.3. The minimum Gasteiger partial charge on any atom is -0.462 e. The van der Waals surface area contributed by atoms with Crippen LogP contribution in [0.4, 0.5) is 0 Å². The first-order valence-electron chi connectivity index (χ1n) is 8.71. The van der Waals surface area contributed by atoms with Gasteiger partial charge >= 0.3 is 6.01 Å². The van der Waals surface area contributed by atoms with Crippen LogP contribution in [0.3, 0.4) is 0 Å². The lowest BCUT2D eigenvalue weighted by molar-refractivity contribution is 0.293. The van der Waals surface area contributed by atoms with Crippen LogP contribution in [0, 0.1) is 0 Å². The van der Waals surface area contributed by atoms with E-state index in [1.807, 2.05) is 72.4 Å². The van der Waals surface area contributed by atoms with E-state index >= 15 is 0 Å². The van der Waals surface area contributed by atoms with Gasteiger partial charge in [0.15, 0.2) is 5.82 Å². The molecule has 2 heterocycles. The molecule has 6 nitrogen and oxygen atoms in total. The molecule has 2 aromatic carbocycles. The highest BCUT2D eigenvalue weighted by Crippen LogP contribution is 2.31. The molecule has 0 aliphatic heterocycles. The van der Waals surface area contributed by atoms with E-state index in [0.29, 0.717) is 23.5 Å². The molecule has 4 aromatic rings. The van der Waals surface area contributed by atoms with Crippen LogP contribution in [0.2, 0.25) is 5.02 Å². The van der Waals surface area contributed by atoms with E-state index < -0.39 is 0 Å². The van der Waals surface area contributed by atoms with Crippen LogP contribution < -0.4 is 4.74 Å². The van der Waals surface area contributed by atoms with Gasteiger partial charge in [0.05, 0.1) is 17.9 Å². The number of halogens is 1. The van der Waals surface area contributed by atoms with Crippen molar-refractivity contribution in [1.82, 2.24) is 25.0 Å². The molecule has 27 heavy (non-hydrogen) atoms. The molecule has 4 rings (SSSR count). The van der Waals surface area contributed by atoms with Crippen LogP contribution in [-0.4, -0.2) is 31.6 Å². The van der Waals surface area contributed by atoms with E-state index in [9.17, 15) is 0 Å². The smallest absolute Gasteiger partial charge is 0.335 e. The Morgan fingerprint density at radius 3 is 2.59 bits per heavy atom. The maximum absolute atomic E-state index is 6.04. The van der Waals surface area contributed by atoms with Gasteiger partial charge in [-0.25, -0.2) is 4.68 Å². The highest BCUT2D eigenvalue weighted by molar-refractivity contribution is 6.30. The summed E-state index contributed by atoms with van der Waals surface area (Å²) >= 11 is 6.04. The van der Waals surface area contributed by atoms with Crippen LogP contribution in [0.15, 0.2) is 60.8 Å². The van der Waals surface area contributed by atoms with Crippen molar-refractivity contribution in [2.75, 3.05) is 6.61 Å². The van der Waals surface area contributed by atoms with Gasteiger partial charge in [-0.2, -0.15) is 10.1 Å². The zero-order valence-corrected chi connectivity index (χ0v) is 15.5. The van der Waals surface area contributed by atoms with Crippen molar-refractivity contribution in [3.63, 3.8) is 0 Å². The zero-order chi connectivity index (χ0) is 18.6. The number of nitrogens with zero attached hydrogens (tertiary/aromatic N) is 4. The topological polar surface area (TPSA) is 68.6 Å². The predicted molar refractivity (Wildman–Crippen MR) is 105 cm³/mol. The summed E-state index contributed by atoms with van der Waals surface area (Å²) in [6, 6.07) is 17.8. The summed E-state index contributed by atoms with van der Waals surface area (Å²) in [6.45, 7) is 2.61. The first-order chi connectivity index (χ1) is 13.2. The second-order valence-electron chi connectivity index (χ2n) is 5.99. The lowest BCUT2D eigenvalue weighted by Gasteiger charge is -2.01. The fourth-order valence-electron chi connectivity index (χ4n) is 2.71. The van der Waals surface area contributed by atoms with E-state index in [1.165, 1.54) is 0 Å². The number of hydrogen-bond donors (Lipinski definition) is 1. The van der Waals surface area contributed by atoms with Crippen molar-refractivity contribution in [3.8, 4) is 34.3 Å². The van der Waals surface area contributed by atoms with Crippen molar-refractivity contribution in [2.45, 2.75) is 13.3 Å². The molecule has 0 fully saturated rings. The number of H-pyrrole nitrogens is 1. The minimum atomic E-state index is 0.335. The van der Waals surface area contributed by atoms with Crippen molar-refractivity contribution in [2.24, 2.45) is 0 Å². The second kappa shape index (κ2) is 7.63. The van der Waals surface area contributed by atoms with Gasteiger partial charge in [0.2, 0.25) is 0 Å². The first-order valence-corrected chi connectivity index (χ1v) is 9.09. The summed E-state index contributed by atoms with van der Waals surface area (Å²) in [5.74, 6) is 0.605. The summed E-state index contributed by atoms with van der Waals surface area (Å²) in [6.07, 6.45) is 2.83. The Morgan fingerprint density at radius 1 is 1.07 bits per heavy atom. The van der Waals surface area contributed by atoms with Gasteiger partial charge in [0.1, 0.15) is 5.69 Å². The van der Waals surface area contributed by atoms with Gasteiger partial charge in [-0.3, -0.25) is 5.10 Å². The van der Waals surface area contributed by atoms with E-state index in [4.69, 9.17) is 21.4 Å². The van der Waals surface area contributed by atoms with Gasteiger partial charge < -0.3 is 4.74 Å². The minimum absolute atomic E-state index is 0.335. The maximum atomic E-state index is 6.04. The summed E-state index contributed by atoms with van der Waals surface area (Å²) in [5, 5.41) is 12.5. The highest BCUT2D eigenvalue weighted by Gasteiger charge is 2.18. The van der Waals surface area contributed by atoms with E-state index in [2.05, 4.69) is 15.2 Å². The van der Waals surface area contributed by atoms with Crippen molar-refractivity contribution in [3.05, 3.63) is 65.8 Å². The fraction of sp³-hybridized carbons (Fsp3) is 0.150. The Bertz CT molecular complexity index is 1020.